The quantitative estimate of drug-likeness (QED) is 0.349. The average molecular weight is 666 g/mol. The molecular weight excluding hydrogens is 626 g/mol. The zero-order chi connectivity index (χ0) is 32.6. The number of carbonyl (C=O) groups excluding carboxylic acids is 1. The van der Waals surface area contributed by atoms with Crippen molar-refractivity contribution in [2.75, 3.05) is 62.4 Å². The van der Waals surface area contributed by atoms with Gasteiger partial charge in [0, 0.05) is 39.3 Å². The molecule has 5 aliphatic rings. The van der Waals surface area contributed by atoms with E-state index in [1.54, 1.807) is 0 Å². The Morgan fingerprint density at radius 3 is 2.77 bits per heavy atom. The van der Waals surface area contributed by atoms with E-state index in [2.05, 4.69) is 14.6 Å². The number of amides is 1. The number of benzene rings is 1. The van der Waals surface area contributed by atoms with E-state index in [9.17, 15) is 22.4 Å². The molecule has 0 N–H and O–H groups in total. The van der Waals surface area contributed by atoms with Crippen molar-refractivity contribution in [2.45, 2.75) is 82.5 Å². The van der Waals surface area contributed by atoms with E-state index in [0.717, 1.165) is 38.6 Å². The van der Waals surface area contributed by atoms with Crippen molar-refractivity contribution in [1.29, 1.82) is 0 Å². The Balaban J connectivity index is 1.20. The summed E-state index contributed by atoms with van der Waals surface area (Å²) in [6.45, 7) is 3.88. The van der Waals surface area contributed by atoms with Crippen LogP contribution in [0, 0.1) is 0 Å². The van der Waals surface area contributed by atoms with Gasteiger partial charge in [-0.1, -0.05) is 6.07 Å². The molecule has 4 fully saturated rings. The number of nitrogens with zero attached hydrogens (tertiary/aromatic N) is 5. The van der Waals surface area contributed by atoms with Crippen molar-refractivity contribution in [1.82, 2.24) is 14.9 Å². The number of anilines is 2. The van der Waals surface area contributed by atoms with E-state index in [1.165, 1.54) is 23.1 Å². The fourth-order valence-corrected chi connectivity index (χ4v) is 7.36. The molecule has 1 amide bonds. The van der Waals surface area contributed by atoms with Crippen LogP contribution in [0.3, 0.4) is 0 Å². The summed E-state index contributed by atoms with van der Waals surface area (Å²) in [6.07, 6.45) is -0.864. The predicted molar refractivity (Wildman–Crippen MR) is 160 cm³/mol. The number of hydrogen-bond donors (Lipinski definition) is 0. The molecular formula is C32H39F4N5O6. The second-order valence-electron chi connectivity index (χ2n) is 12.8. The Morgan fingerprint density at radius 1 is 1.04 bits per heavy atom. The van der Waals surface area contributed by atoms with Crippen LogP contribution in [-0.4, -0.2) is 97.7 Å². The highest BCUT2D eigenvalue weighted by Crippen LogP contribution is 2.42. The van der Waals surface area contributed by atoms with Crippen molar-refractivity contribution < 1.29 is 46.0 Å². The Labute approximate surface area is 270 Å². The van der Waals surface area contributed by atoms with Crippen LogP contribution >= 0.6 is 0 Å². The van der Waals surface area contributed by atoms with Gasteiger partial charge in [-0.15, -0.1) is 13.2 Å². The second-order valence-corrected chi connectivity index (χ2v) is 12.8. The molecule has 0 aliphatic carbocycles. The van der Waals surface area contributed by atoms with E-state index in [1.807, 2.05) is 4.90 Å². The van der Waals surface area contributed by atoms with Crippen LogP contribution in [0.25, 0.3) is 0 Å². The van der Waals surface area contributed by atoms with Crippen LogP contribution in [-0.2, 0) is 27.4 Å². The standard InChI is InChI=1S/C32H39F4N5O6/c33-22-16-31(8-3-10-40(31)17-22)20-46-30-37-23-18-41(29(42)27(23)28(38-30)39-9-4-12-43-14-11-39)24-15-21(6-7-25(24)47-32(34,35)36)19-45-26-5-1-2-13-44-26/h6-7,15,22,26H,1-5,8-14,16-20H2/t22-,26?,31+/m1/s1. The lowest BCUT2D eigenvalue weighted by Crippen LogP contribution is -2.43. The number of aromatic nitrogens is 2. The van der Waals surface area contributed by atoms with Crippen LogP contribution in [0.15, 0.2) is 18.2 Å². The van der Waals surface area contributed by atoms with Crippen LogP contribution in [0.4, 0.5) is 29.1 Å². The van der Waals surface area contributed by atoms with Crippen LogP contribution in [0.5, 0.6) is 11.8 Å². The third-order valence-electron chi connectivity index (χ3n) is 9.58. The van der Waals surface area contributed by atoms with Gasteiger partial charge in [-0.3, -0.25) is 14.6 Å². The number of alkyl halides is 4. The van der Waals surface area contributed by atoms with Crippen molar-refractivity contribution >= 4 is 17.4 Å². The van der Waals surface area contributed by atoms with Gasteiger partial charge in [0.05, 0.1) is 36.7 Å². The largest absolute Gasteiger partial charge is 0.573 e. The van der Waals surface area contributed by atoms with E-state index in [0.29, 0.717) is 69.4 Å². The van der Waals surface area contributed by atoms with E-state index in [-0.39, 0.29) is 37.0 Å². The first kappa shape index (κ1) is 32.3. The fourth-order valence-electron chi connectivity index (χ4n) is 7.36. The summed E-state index contributed by atoms with van der Waals surface area (Å²) in [7, 11) is 0. The Kier molecular flexibility index (Phi) is 9.15. The van der Waals surface area contributed by atoms with Gasteiger partial charge < -0.3 is 28.6 Å². The number of fused-ring (bicyclic) bond motifs is 2. The van der Waals surface area contributed by atoms with Gasteiger partial charge in [0.15, 0.2) is 12.0 Å². The first-order valence-electron chi connectivity index (χ1n) is 16.4. The van der Waals surface area contributed by atoms with Crippen molar-refractivity contribution in [3.63, 3.8) is 0 Å². The van der Waals surface area contributed by atoms with Gasteiger partial charge in [0.1, 0.15) is 24.2 Å². The van der Waals surface area contributed by atoms with E-state index >= 15 is 0 Å². The van der Waals surface area contributed by atoms with Gasteiger partial charge in [-0.25, -0.2) is 4.39 Å². The maximum absolute atomic E-state index is 14.4. The molecule has 0 radical (unpaired) electrons. The average Bonchev–Trinajstić information content (AvgIpc) is 3.58. The van der Waals surface area contributed by atoms with Gasteiger partial charge in [0.2, 0.25) is 0 Å². The lowest BCUT2D eigenvalue weighted by atomic mass is 9.95. The first-order valence-corrected chi connectivity index (χ1v) is 16.4. The molecule has 6 heterocycles. The molecule has 0 spiro atoms. The molecule has 3 atom stereocenters. The number of ether oxygens (including phenoxy) is 5. The molecule has 2 aromatic rings. The van der Waals surface area contributed by atoms with Crippen LogP contribution in [0.2, 0.25) is 0 Å². The number of halogens is 4. The molecule has 256 valence electrons. The maximum Gasteiger partial charge on any atom is 0.573 e. The van der Waals surface area contributed by atoms with Crippen LogP contribution < -0.4 is 19.3 Å². The SMILES string of the molecule is O=C1c2c(nc(OC[C@@]34CCCN3C[C@H](F)C4)nc2N2CCCOCC2)CN1c1cc(COC2CCCCO2)ccc1OC(F)(F)F. The first-order chi connectivity index (χ1) is 22.7. The normalized spacial score (nSPS) is 26.8. The summed E-state index contributed by atoms with van der Waals surface area (Å²) in [6, 6.07) is 4.19. The summed E-state index contributed by atoms with van der Waals surface area (Å²) >= 11 is 0. The molecule has 15 heteroatoms. The summed E-state index contributed by atoms with van der Waals surface area (Å²) in [5.41, 5.74) is 0.570. The molecule has 1 aromatic carbocycles. The predicted octanol–water partition coefficient (Wildman–Crippen LogP) is 4.76. The van der Waals surface area contributed by atoms with Gasteiger partial charge in [-0.2, -0.15) is 9.97 Å². The molecule has 4 saturated heterocycles. The molecule has 5 aliphatic heterocycles. The summed E-state index contributed by atoms with van der Waals surface area (Å²) in [4.78, 5) is 28.7. The third-order valence-corrected chi connectivity index (χ3v) is 9.58. The monoisotopic (exact) mass is 665 g/mol. The number of hydrogen-bond acceptors (Lipinski definition) is 10. The van der Waals surface area contributed by atoms with Crippen molar-refractivity contribution in [3.8, 4) is 11.8 Å². The minimum Gasteiger partial charge on any atom is -0.461 e. The van der Waals surface area contributed by atoms with Gasteiger partial charge >= 0.3 is 12.4 Å². The van der Waals surface area contributed by atoms with Crippen LogP contribution in [0.1, 0.15) is 66.6 Å². The molecule has 0 bridgehead atoms. The molecule has 1 unspecified atom stereocenters. The van der Waals surface area contributed by atoms with Crippen molar-refractivity contribution in [2.24, 2.45) is 0 Å². The number of rotatable bonds is 9. The lowest BCUT2D eigenvalue weighted by molar-refractivity contribution is -0.274. The maximum atomic E-state index is 14.4. The Morgan fingerprint density at radius 2 is 1.94 bits per heavy atom. The van der Waals surface area contributed by atoms with Gasteiger partial charge in [-0.05, 0) is 62.8 Å². The highest BCUT2D eigenvalue weighted by molar-refractivity contribution is 6.13. The Bertz CT molecular complexity index is 1450. The smallest absolute Gasteiger partial charge is 0.461 e. The minimum atomic E-state index is -4.98. The molecule has 11 nitrogen and oxygen atoms in total. The highest BCUT2D eigenvalue weighted by Gasteiger charge is 2.49. The summed E-state index contributed by atoms with van der Waals surface area (Å²) in [5.74, 6) is -0.734. The molecule has 7 rings (SSSR count). The zero-order valence-electron chi connectivity index (χ0n) is 26.1. The third kappa shape index (κ3) is 6.99. The lowest BCUT2D eigenvalue weighted by Gasteiger charge is -2.31. The molecule has 0 saturated carbocycles. The van der Waals surface area contributed by atoms with Crippen molar-refractivity contribution in [3.05, 3.63) is 35.0 Å². The molecule has 47 heavy (non-hydrogen) atoms. The fraction of sp³-hybridized carbons (Fsp3) is 0.656. The number of carbonyl (C=O) groups is 1. The minimum absolute atomic E-state index is 0.0449. The summed E-state index contributed by atoms with van der Waals surface area (Å²) < 4.78 is 82.7. The van der Waals surface area contributed by atoms with E-state index in [4.69, 9.17) is 23.9 Å². The zero-order valence-corrected chi connectivity index (χ0v) is 26.1. The van der Waals surface area contributed by atoms with Gasteiger partial charge in [0.25, 0.3) is 5.91 Å². The van der Waals surface area contributed by atoms with E-state index < -0.39 is 36.0 Å². The topological polar surface area (TPSA) is 98.7 Å². The molecule has 1 aromatic heterocycles. The Hall–Kier alpha value is -3.27. The summed E-state index contributed by atoms with van der Waals surface area (Å²) in [5, 5.41) is 0. The second kappa shape index (κ2) is 13.3. The highest BCUT2D eigenvalue weighted by atomic mass is 19.4.